The average Bonchev–Trinajstić information content (AvgIpc) is 2.89. The molecule has 102 valence electrons. The maximum absolute atomic E-state index is 13.1. The maximum Gasteiger partial charge on any atom is 0.149 e. The Morgan fingerprint density at radius 1 is 1.32 bits per heavy atom. The van der Waals surface area contributed by atoms with E-state index >= 15 is 0 Å². The van der Waals surface area contributed by atoms with Crippen LogP contribution in [0.25, 0.3) is 10.6 Å². The third kappa shape index (κ3) is 3.54. The van der Waals surface area contributed by atoms with E-state index in [0.29, 0.717) is 10.6 Å². The van der Waals surface area contributed by atoms with Crippen LogP contribution in [0, 0.1) is 5.82 Å². The summed E-state index contributed by atoms with van der Waals surface area (Å²) in [6.07, 6.45) is 4.82. The molecule has 0 saturated heterocycles. The lowest BCUT2D eigenvalue weighted by molar-refractivity contribution is 0.513. The molecular formula is C13H17FN4S. The van der Waals surface area contributed by atoms with Crippen molar-refractivity contribution in [2.24, 2.45) is 0 Å². The van der Waals surface area contributed by atoms with Crippen LogP contribution in [0.1, 0.15) is 37.7 Å². The number of aromatic nitrogens is 3. The lowest BCUT2D eigenvalue weighted by atomic mass is 10.2. The molecule has 2 heterocycles. The molecule has 1 N–H and O–H groups in total. The van der Waals surface area contributed by atoms with Crippen LogP contribution in [-0.4, -0.2) is 21.7 Å². The number of hydrogen-bond donors (Lipinski definition) is 1. The van der Waals surface area contributed by atoms with Crippen molar-refractivity contribution in [1.82, 2.24) is 20.5 Å². The molecule has 0 bridgehead atoms. The monoisotopic (exact) mass is 280 g/mol. The molecule has 0 aromatic carbocycles. The zero-order valence-corrected chi connectivity index (χ0v) is 11.9. The van der Waals surface area contributed by atoms with Gasteiger partial charge in [-0.05, 0) is 25.5 Å². The lowest BCUT2D eigenvalue weighted by Gasteiger charge is -2.12. The largest absolute Gasteiger partial charge is 0.308 e. The fourth-order valence-electron chi connectivity index (χ4n) is 1.75. The van der Waals surface area contributed by atoms with Crippen LogP contribution in [0.5, 0.6) is 0 Å². The van der Waals surface area contributed by atoms with E-state index in [2.05, 4.69) is 34.3 Å². The highest BCUT2D eigenvalue weighted by Crippen LogP contribution is 2.27. The van der Waals surface area contributed by atoms with Crippen molar-refractivity contribution >= 4 is 11.3 Å². The molecule has 19 heavy (non-hydrogen) atoms. The van der Waals surface area contributed by atoms with E-state index < -0.39 is 0 Å². The molecule has 0 amide bonds. The van der Waals surface area contributed by atoms with Gasteiger partial charge in [-0.25, -0.2) is 4.39 Å². The van der Waals surface area contributed by atoms with Gasteiger partial charge in [-0.15, -0.1) is 10.2 Å². The third-order valence-corrected chi connectivity index (χ3v) is 3.83. The minimum absolute atomic E-state index is 0.215. The Labute approximate surface area is 116 Å². The number of nitrogens with zero attached hydrogens (tertiary/aromatic N) is 3. The predicted octanol–water partition coefficient (Wildman–Crippen LogP) is 3.19. The van der Waals surface area contributed by atoms with Crippen LogP contribution in [0.2, 0.25) is 0 Å². The van der Waals surface area contributed by atoms with Crippen molar-refractivity contribution < 1.29 is 4.39 Å². The van der Waals surface area contributed by atoms with Crippen LogP contribution in [0.4, 0.5) is 4.39 Å². The number of rotatable bonds is 6. The van der Waals surface area contributed by atoms with E-state index in [1.165, 1.54) is 23.6 Å². The molecule has 2 aromatic heterocycles. The van der Waals surface area contributed by atoms with Gasteiger partial charge in [0.25, 0.3) is 0 Å². The topological polar surface area (TPSA) is 50.7 Å². The molecule has 1 atom stereocenters. The van der Waals surface area contributed by atoms with Crippen molar-refractivity contribution in [2.75, 3.05) is 6.54 Å². The molecule has 0 aliphatic carbocycles. The Kier molecular flexibility index (Phi) is 4.93. The zero-order chi connectivity index (χ0) is 13.7. The molecular weight excluding hydrogens is 263 g/mol. The average molecular weight is 280 g/mol. The fourth-order valence-corrected chi connectivity index (χ4v) is 2.73. The molecule has 0 radical (unpaired) electrons. The van der Waals surface area contributed by atoms with Crippen molar-refractivity contribution in [3.63, 3.8) is 0 Å². The minimum atomic E-state index is -0.356. The van der Waals surface area contributed by atoms with E-state index in [-0.39, 0.29) is 11.9 Å². The van der Waals surface area contributed by atoms with Gasteiger partial charge in [0.2, 0.25) is 0 Å². The molecule has 0 aliphatic rings. The summed E-state index contributed by atoms with van der Waals surface area (Å²) >= 11 is 1.49. The summed E-state index contributed by atoms with van der Waals surface area (Å²) in [5.74, 6) is -0.356. The smallest absolute Gasteiger partial charge is 0.149 e. The standard InChI is InChI=1S/C13H17FN4S/c1-3-5-16-11(4-2)13-18-17-12(19-13)9-6-10(14)8-15-7-9/h6-8,11,16H,3-5H2,1-2H3. The first kappa shape index (κ1) is 14.0. The van der Waals surface area contributed by atoms with Gasteiger partial charge in [0, 0.05) is 11.8 Å². The van der Waals surface area contributed by atoms with Gasteiger partial charge in [-0.2, -0.15) is 0 Å². The van der Waals surface area contributed by atoms with E-state index in [9.17, 15) is 4.39 Å². The van der Waals surface area contributed by atoms with Gasteiger partial charge < -0.3 is 5.32 Å². The first-order chi connectivity index (χ1) is 9.24. The summed E-state index contributed by atoms with van der Waals surface area (Å²) in [6, 6.07) is 1.64. The van der Waals surface area contributed by atoms with Crippen molar-refractivity contribution in [2.45, 2.75) is 32.7 Å². The molecule has 0 fully saturated rings. The van der Waals surface area contributed by atoms with E-state index in [1.54, 1.807) is 6.20 Å². The summed E-state index contributed by atoms with van der Waals surface area (Å²) in [5, 5.41) is 13.4. The maximum atomic E-state index is 13.1. The summed E-state index contributed by atoms with van der Waals surface area (Å²) in [7, 11) is 0. The normalized spacial score (nSPS) is 12.6. The van der Waals surface area contributed by atoms with Crippen LogP contribution in [0.3, 0.4) is 0 Å². The highest BCUT2D eigenvalue weighted by molar-refractivity contribution is 7.14. The summed E-state index contributed by atoms with van der Waals surface area (Å²) < 4.78 is 13.1. The van der Waals surface area contributed by atoms with Gasteiger partial charge in [0.15, 0.2) is 0 Å². The Morgan fingerprint density at radius 3 is 2.84 bits per heavy atom. The first-order valence-corrected chi connectivity index (χ1v) is 7.24. The summed E-state index contributed by atoms with van der Waals surface area (Å²) in [6.45, 7) is 5.19. The summed E-state index contributed by atoms with van der Waals surface area (Å²) in [4.78, 5) is 3.83. The van der Waals surface area contributed by atoms with Gasteiger partial charge in [-0.1, -0.05) is 25.2 Å². The van der Waals surface area contributed by atoms with Gasteiger partial charge in [0.05, 0.1) is 12.2 Å². The van der Waals surface area contributed by atoms with Crippen LogP contribution >= 0.6 is 11.3 Å². The van der Waals surface area contributed by atoms with E-state index in [1.807, 2.05) is 0 Å². The Balaban J connectivity index is 2.18. The molecule has 2 aromatic rings. The second-order valence-electron chi connectivity index (χ2n) is 4.25. The van der Waals surface area contributed by atoms with Gasteiger partial charge in [0.1, 0.15) is 15.8 Å². The first-order valence-electron chi connectivity index (χ1n) is 6.42. The molecule has 0 saturated carbocycles. The SMILES string of the molecule is CCCNC(CC)c1nnc(-c2cncc(F)c2)s1. The molecule has 2 rings (SSSR count). The Morgan fingerprint density at radius 2 is 2.16 bits per heavy atom. The molecule has 1 unspecified atom stereocenters. The van der Waals surface area contributed by atoms with Gasteiger partial charge in [-0.3, -0.25) is 4.98 Å². The minimum Gasteiger partial charge on any atom is -0.308 e. The zero-order valence-electron chi connectivity index (χ0n) is 11.1. The van der Waals surface area contributed by atoms with E-state index in [4.69, 9.17) is 0 Å². The highest BCUT2D eigenvalue weighted by atomic mass is 32.1. The fraction of sp³-hybridized carbons (Fsp3) is 0.462. The quantitative estimate of drug-likeness (QED) is 0.883. The lowest BCUT2D eigenvalue weighted by Crippen LogP contribution is -2.21. The van der Waals surface area contributed by atoms with Gasteiger partial charge >= 0.3 is 0 Å². The summed E-state index contributed by atoms with van der Waals surface area (Å²) in [5.41, 5.74) is 0.675. The molecule has 0 spiro atoms. The number of pyridine rings is 1. The van der Waals surface area contributed by atoms with Crippen molar-refractivity contribution in [3.05, 3.63) is 29.3 Å². The predicted molar refractivity (Wildman–Crippen MR) is 74.4 cm³/mol. The Bertz CT molecular complexity index is 529. The number of halogens is 1. The third-order valence-electron chi connectivity index (χ3n) is 2.74. The molecule has 4 nitrogen and oxygen atoms in total. The highest BCUT2D eigenvalue weighted by Gasteiger charge is 2.15. The van der Waals surface area contributed by atoms with Crippen molar-refractivity contribution in [1.29, 1.82) is 0 Å². The Hall–Kier alpha value is -1.40. The second-order valence-corrected chi connectivity index (χ2v) is 5.26. The van der Waals surface area contributed by atoms with Crippen LogP contribution in [-0.2, 0) is 0 Å². The van der Waals surface area contributed by atoms with Crippen LogP contribution in [0.15, 0.2) is 18.5 Å². The van der Waals surface area contributed by atoms with Crippen LogP contribution < -0.4 is 5.32 Å². The molecule has 0 aliphatic heterocycles. The van der Waals surface area contributed by atoms with Crippen molar-refractivity contribution in [3.8, 4) is 10.6 Å². The molecule has 6 heteroatoms. The van der Waals surface area contributed by atoms with E-state index in [0.717, 1.165) is 24.4 Å². The second kappa shape index (κ2) is 6.68. The number of nitrogens with one attached hydrogen (secondary N) is 1. The number of hydrogen-bond acceptors (Lipinski definition) is 5.